The lowest BCUT2D eigenvalue weighted by Gasteiger charge is -2.41. The summed E-state index contributed by atoms with van der Waals surface area (Å²) in [6.45, 7) is 15.2. The third-order valence-electron chi connectivity index (χ3n) is 9.43. The summed E-state index contributed by atoms with van der Waals surface area (Å²) in [6, 6.07) is 5.21. The molecule has 0 atom stereocenters. The molecular weight excluding hydrogens is 709 g/mol. The zero-order chi connectivity index (χ0) is 37.1. The first-order valence-electron chi connectivity index (χ1n) is 19.2. The molecule has 15 heteroatoms. The number of rotatable bonds is 36. The van der Waals surface area contributed by atoms with Crippen molar-refractivity contribution in [2.75, 3.05) is 55.9 Å². The fourth-order valence-electron chi connectivity index (χ4n) is 6.63. The van der Waals surface area contributed by atoms with Gasteiger partial charge in [-0.1, -0.05) is 77.0 Å². The van der Waals surface area contributed by atoms with Crippen LogP contribution in [-0.2, 0) is 44.6 Å². The largest absolute Gasteiger partial charge is 0.500 e. The van der Waals surface area contributed by atoms with Crippen LogP contribution >= 0.6 is 0 Å². The molecule has 49 heavy (non-hydrogen) atoms. The van der Waals surface area contributed by atoms with Crippen molar-refractivity contribution in [2.24, 2.45) is 0 Å². The molecule has 0 heterocycles. The van der Waals surface area contributed by atoms with Gasteiger partial charge < -0.3 is 34.8 Å². The van der Waals surface area contributed by atoms with Gasteiger partial charge in [0, 0.05) is 54.7 Å². The van der Waals surface area contributed by atoms with Crippen LogP contribution < -0.4 is 0 Å². The quantitative estimate of drug-likeness (QED) is 0.0264. The monoisotopic (exact) mass is 788 g/mol. The van der Waals surface area contributed by atoms with Crippen molar-refractivity contribution in [3.63, 3.8) is 0 Å². The van der Waals surface area contributed by atoms with Gasteiger partial charge in [0.2, 0.25) is 0 Å². The zero-order valence-electron chi connectivity index (χ0n) is 34.1. The van der Waals surface area contributed by atoms with Gasteiger partial charge in [0.05, 0.1) is 13.2 Å². The van der Waals surface area contributed by atoms with E-state index in [0.717, 1.165) is 50.2 Å². The molecule has 0 aromatic carbocycles. The SMILES string of the molecule is CCOOCCCCC[Si](C)(O[Si](C)(C)CCCCCCCC[Si](OC)(OC)OC)O[Si](C)(C)CCCCCCCC[Si](OC)(OC)OC. The first kappa shape index (κ1) is 49.7. The Balaban J connectivity index is 4.83. The first-order chi connectivity index (χ1) is 23.3. The Bertz CT molecular complexity index is 707. The zero-order valence-corrected chi connectivity index (χ0v) is 39.1. The number of hydrogen-bond acceptors (Lipinski definition) is 10. The average molecular weight is 789 g/mol. The molecule has 0 aliphatic heterocycles. The highest BCUT2D eigenvalue weighted by Crippen LogP contribution is 2.31. The second-order valence-electron chi connectivity index (χ2n) is 14.7. The molecule has 0 spiro atoms. The van der Waals surface area contributed by atoms with E-state index in [9.17, 15) is 0 Å². The van der Waals surface area contributed by atoms with Crippen molar-refractivity contribution in [3.8, 4) is 0 Å². The van der Waals surface area contributed by atoms with Crippen LogP contribution in [0.1, 0.15) is 103 Å². The van der Waals surface area contributed by atoms with Crippen molar-refractivity contribution < 1.29 is 44.6 Å². The summed E-state index contributed by atoms with van der Waals surface area (Å²) in [5.41, 5.74) is 0. The molecule has 296 valence electrons. The van der Waals surface area contributed by atoms with E-state index >= 15 is 0 Å². The highest BCUT2D eigenvalue weighted by Gasteiger charge is 2.42. The molecule has 0 aliphatic rings. The molecule has 0 radical (unpaired) electrons. The minimum atomic E-state index is -2.44. The smallest absolute Gasteiger partial charge is 0.436 e. The molecule has 0 aromatic heterocycles. The van der Waals surface area contributed by atoms with E-state index in [-0.39, 0.29) is 0 Å². The third-order valence-corrected chi connectivity index (χ3v) is 27.3. The van der Waals surface area contributed by atoms with Gasteiger partial charge in [-0.15, -0.1) is 0 Å². The van der Waals surface area contributed by atoms with E-state index < -0.39 is 42.8 Å². The van der Waals surface area contributed by atoms with Crippen molar-refractivity contribution in [3.05, 3.63) is 0 Å². The van der Waals surface area contributed by atoms with E-state index in [1.54, 1.807) is 42.7 Å². The molecule has 0 aromatic rings. The molecule has 0 N–H and O–H groups in total. The molecule has 0 amide bonds. The molecule has 10 nitrogen and oxygen atoms in total. The molecule has 0 saturated carbocycles. The van der Waals surface area contributed by atoms with Crippen LogP contribution in [0.25, 0.3) is 0 Å². The van der Waals surface area contributed by atoms with E-state index in [4.69, 9.17) is 44.6 Å². The Hall–Kier alpha value is 0.684. The summed E-state index contributed by atoms with van der Waals surface area (Å²) in [5.74, 6) is 0. The van der Waals surface area contributed by atoms with Gasteiger partial charge >= 0.3 is 26.2 Å². The second-order valence-corrected chi connectivity index (χ2v) is 33.4. The van der Waals surface area contributed by atoms with Crippen molar-refractivity contribution in [1.82, 2.24) is 0 Å². The van der Waals surface area contributed by atoms with Gasteiger partial charge in [0.25, 0.3) is 0 Å². The predicted molar refractivity (Wildman–Crippen MR) is 213 cm³/mol. The van der Waals surface area contributed by atoms with Crippen LogP contribution in [-0.4, -0.2) is 98.7 Å². The standard InChI is InChI=1S/C34H80O10Si5/c1-13-41-42-29-23-22-26-32-47(12,43-45(8,9)30-24-18-14-16-20-27-33-48(35-2,36-3)37-4)44-46(10,11)31-25-19-15-17-21-28-34-49(38-5,39-6)40-7/h13-34H2,1-12H3. The topological polar surface area (TPSA) is 92.3 Å². The van der Waals surface area contributed by atoms with E-state index in [0.29, 0.717) is 13.2 Å². The van der Waals surface area contributed by atoms with E-state index in [1.807, 2.05) is 6.92 Å². The summed E-state index contributed by atoms with van der Waals surface area (Å²) in [5, 5.41) is 0. The van der Waals surface area contributed by atoms with Crippen molar-refractivity contribution in [2.45, 2.75) is 166 Å². The fraction of sp³-hybridized carbons (Fsp3) is 1.00. The van der Waals surface area contributed by atoms with Gasteiger partial charge in [-0.05, 0) is 77.1 Å². The highest BCUT2D eigenvalue weighted by atomic mass is 28.5. The first-order valence-corrected chi connectivity index (χ1v) is 31.8. The van der Waals surface area contributed by atoms with Gasteiger partial charge in [-0.25, -0.2) is 9.78 Å². The van der Waals surface area contributed by atoms with Gasteiger partial charge in [-0.3, -0.25) is 0 Å². The molecule has 0 rings (SSSR count). The summed E-state index contributed by atoms with van der Waals surface area (Å²) in [7, 11) is -0.798. The number of hydrogen-bond donors (Lipinski definition) is 0. The fourth-order valence-corrected chi connectivity index (χ4v) is 24.8. The maximum atomic E-state index is 7.22. The average Bonchev–Trinajstić information content (AvgIpc) is 3.06. The van der Waals surface area contributed by atoms with Crippen molar-refractivity contribution in [1.29, 1.82) is 0 Å². The minimum Gasteiger partial charge on any atom is -0.436 e. The lowest BCUT2D eigenvalue weighted by atomic mass is 10.1. The summed E-state index contributed by atoms with van der Waals surface area (Å²) >= 11 is 0. The summed E-state index contributed by atoms with van der Waals surface area (Å²) < 4.78 is 47.8. The van der Waals surface area contributed by atoms with Gasteiger partial charge in [-0.2, -0.15) is 0 Å². The molecule has 0 bridgehead atoms. The van der Waals surface area contributed by atoms with Crippen LogP contribution in [0.3, 0.4) is 0 Å². The van der Waals surface area contributed by atoms with Crippen LogP contribution in [0.4, 0.5) is 0 Å². The molecular formula is C34H80O10Si5. The Morgan fingerprint density at radius 2 is 0.653 bits per heavy atom. The number of unbranched alkanes of at least 4 members (excludes halogenated alkanes) is 12. The Morgan fingerprint density at radius 1 is 0.347 bits per heavy atom. The third kappa shape index (κ3) is 23.9. The van der Waals surface area contributed by atoms with Gasteiger partial charge in [0.1, 0.15) is 0 Å². The lowest BCUT2D eigenvalue weighted by Crippen LogP contribution is -2.54. The van der Waals surface area contributed by atoms with Crippen LogP contribution in [0, 0.1) is 0 Å². The Labute approximate surface area is 308 Å². The predicted octanol–water partition coefficient (Wildman–Crippen LogP) is 10.1. The van der Waals surface area contributed by atoms with Gasteiger partial charge in [0.15, 0.2) is 16.6 Å². The summed E-state index contributed by atoms with van der Waals surface area (Å²) in [4.78, 5) is 10.3. The lowest BCUT2D eigenvalue weighted by molar-refractivity contribution is -0.291. The normalized spacial score (nSPS) is 13.5. The van der Waals surface area contributed by atoms with E-state index in [2.05, 4.69) is 32.7 Å². The molecule has 0 fully saturated rings. The minimum absolute atomic E-state index is 0.588. The van der Waals surface area contributed by atoms with Crippen LogP contribution in [0.15, 0.2) is 0 Å². The van der Waals surface area contributed by atoms with Crippen LogP contribution in [0.5, 0.6) is 0 Å². The van der Waals surface area contributed by atoms with Crippen molar-refractivity contribution >= 4 is 42.8 Å². The second kappa shape index (κ2) is 28.2. The maximum Gasteiger partial charge on any atom is 0.500 e. The summed E-state index contributed by atoms with van der Waals surface area (Å²) in [6.07, 6.45) is 17.8. The molecule has 0 aliphatic carbocycles. The Kier molecular flexibility index (Phi) is 28.6. The van der Waals surface area contributed by atoms with Crippen LogP contribution in [0.2, 0.25) is 63.0 Å². The molecule has 0 unspecified atom stereocenters. The van der Waals surface area contributed by atoms with E-state index in [1.165, 1.54) is 76.3 Å². The highest BCUT2D eigenvalue weighted by molar-refractivity contribution is 6.88. The molecule has 0 saturated heterocycles. The maximum absolute atomic E-state index is 7.22. The Morgan fingerprint density at radius 3 is 1.00 bits per heavy atom.